The van der Waals surface area contributed by atoms with E-state index in [0.29, 0.717) is 30.4 Å². The summed E-state index contributed by atoms with van der Waals surface area (Å²) >= 11 is 1.31. The Morgan fingerprint density at radius 2 is 2.29 bits per heavy atom. The third-order valence-electron chi connectivity index (χ3n) is 1.89. The molecule has 17 heavy (non-hydrogen) atoms. The summed E-state index contributed by atoms with van der Waals surface area (Å²) in [5.74, 6) is 0.628. The molecule has 0 aliphatic heterocycles. The maximum atomic E-state index is 10.7. The van der Waals surface area contributed by atoms with Crippen LogP contribution in [-0.2, 0) is 21.8 Å². The van der Waals surface area contributed by atoms with Crippen LogP contribution in [-0.4, -0.2) is 39.5 Å². The van der Waals surface area contributed by atoms with Crippen LogP contribution in [0, 0.1) is 0 Å². The molecule has 0 aliphatic carbocycles. The molecule has 0 radical (unpaired) electrons. The summed E-state index contributed by atoms with van der Waals surface area (Å²) in [7, 11) is 0. The fraction of sp³-hybridized carbons (Fsp3) is 0.556. The van der Waals surface area contributed by atoms with Gasteiger partial charge < -0.3 is 14.8 Å². The Labute approximate surface area is 102 Å². The van der Waals surface area contributed by atoms with Gasteiger partial charge in [0.25, 0.3) is 0 Å². The van der Waals surface area contributed by atoms with Gasteiger partial charge in [-0.25, -0.2) is 4.79 Å². The normalized spacial score (nSPS) is 12.1. The second-order valence-corrected chi connectivity index (χ2v) is 4.16. The number of thioether (sulfide) groups is 1. The Morgan fingerprint density at radius 3 is 2.82 bits per heavy atom. The standard InChI is InChI=1S/C9H13N3O4S/c1-2-7-11-12-8(16-7)4-17-3-6(9(14)15)10-5-13/h5-6H,2-4H2,1H3,(H,10,13)(H,14,15). The van der Waals surface area contributed by atoms with Gasteiger partial charge in [-0.3, -0.25) is 4.79 Å². The maximum Gasteiger partial charge on any atom is 0.327 e. The molecule has 7 nitrogen and oxygen atoms in total. The molecule has 0 saturated carbocycles. The third-order valence-corrected chi connectivity index (χ3v) is 2.91. The predicted molar refractivity (Wildman–Crippen MR) is 60.5 cm³/mol. The number of aryl methyl sites for hydroxylation is 1. The van der Waals surface area contributed by atoms with Gasteiger partial charge >= 0.3 is 5.97 Å². The van der Waals surface area contributed by atoms with Crippen molar-refractivity contribution in [1.82, 2.24) is 15.5 Å². The van der Waals surface area contributed by atoms with Crippen molar-refractivity contribution in [2.45, 2.75) is 25.1 Å². The van der Waals surface area contributed by atoms with E-state index in [-0.39, 0.29) is 5.75 Å². The van der Waals surface area contributed by atoms with E-state index in [1.165, 1.54) is 11.8 Å². The van der Waals surface area contributed by atoms with Gasteiger partial charge in [-0.1, -0.05) is 6.92 Å². The van der Waals surface area contributed by atoms with Crippen molar-refractivity contribution < 1.29 is 19.1 Å². The zero-order valence-corrected chi connectivity index (χ0v) is 10.1. The van der Waals surface area contributed by atoms with Crippen molar-refractivity contribution in [3.63, 3.8) is 0 Å². The number of carbonyl (C=O) groups is 2. The summed E-state index contributed by atoms with van der Waals surface area (Å²) in [5, 5.41) is 18.6. The van der Waals surface area contributed by atoms with Crippen LogP contribution in [0.5, 0.6) is 0 Å². The highest BCUT2D eigenvalue weighted by molar-refractivity contribution is 7.98. The van der Waals surface area contributed by atoms with E-state index in [0.717, 1.165) is 0 Å². The van der Waals surface area contributed by atoms with Crippen LogP contribution in [0.4, 0.5) is 0 Å². The summed E-state index contributed by atoms with van der Waals surface area (Å²) in [6.45, 7) is 1.90. The Morgan fingerprint density at radius 1 is 1.59 bits per heavy atom. The minimum atomic E-state index is -1.07. The summed E-state index contributed by atoms with van der Waals surface area (Å²) in [6.07, 6.45) is 1.04. The first kappa shape index (κ1) is 13.5. The molecule has 1 atom stereocenters. The van der Waals surface area contributed by atoms with Crippen LogP contribution < -0.4 is 5.32 Å². The van der Waals surface area contributed by atoms with Gasteiger partial charge in [0, 0.05) is 12.2 Å². The highest BCUT2D eigenvalue weighted by Gasteiger charge is 2.16. The second-order valence-electron chi connectivity index (χ2n) is 3.13. The number of nitrogens with one attached hydrogen (secondary N) is 1. The largest absolute Gasteiger partial charge is 0.480 e. The molecule has 0 aliphatic rings. The molecule has 0 aromatic carbocycles. The third kappa shape index (κ3) is 4.43. The van der Waals surface area contributed by atoms with Gasteiger partial charge in [0.15, 0.2) is 0 Å². The summed E-state index contributed by atoms with van der Waals surface area (Å²) < 4.78 is 5.25. The molecule has 1 amide bonds. The number of carbonyl (C=O) groups excluding carboxylic acids is 1. The van der Waals surface area contributed by atoms with Crippen molar-refractivity contribution in [1.29, 1.82) is 0 Å². The minimum Gasteiger partial charge on any atom is -0.480 e. The quantitative estimate of drug-likeness (QED) is 0.636. The van der Waals surface area contributed by atoms with Crippen molar-refractivity contribution in [2.75, 3.05) is 5.75 Å². The Bertz CT molecular complexity index is 382. The molecule has 1 aromatic rings. The lowest BCUT2D eigenvalue weighted by Gasteiger charge is -2.09. The van der Waals surface area contributed by atoms with Crippen molar-refractivity contribution >= 4 is 24.1 Å². The average Bonchev–Trinajstić information content (AvgIpc) is 2.75. The molecule has 0 bridgehead atoms. The topological polar surface area (TPSA) is 105 Å². The lowest BCUT2D eigenvalue weighted by molar-refractivity contribution is -0.139. The molecule has 1 unspecified atom stereocenters. The van der Waals surface area contributed by atoms with Gasteiger partial charge in [0.2, 0.25) is 18.2 Å². The van der Waals surface area contributed by atoms with Gasteiger partial charge in [-0.2, -0.15) is 0 Å². The van der Waals surface area contributed by atoms with Crippen LogP contribution in [0.1, 0.15) is 18.7 Å². The molecule has 94 valence electrons. The van der Waals surface area contributed by atoms with E-state index in [4.69, 9.17) is 9.52 Å². The summed E-state index contributed by atoms with van der Waals surface area (Å²) in [6, 6.07) is -0.897. The summed E-state index contributed by atoms with van der Waals surface area (Å²) in [4.78, 5) is 20.9. The number of aliphatic carboxylic acids is 1. The van der Waals surface area contributed by atoms with E-state index in [1.807, 2.05) is 6.92 Å². The molecule has 1 heterocycles. The first-order chi connectivity index (χ1) is 8.17. The first-order valence-electron chi connectivity index (χ1n) is 4.98. The van der Waals surface area contributed by atoms with E-state index in [2.05, 4.69) is 15.5 Å². The van der Waals surface area contributed by atoms with Crippen molar-refractivity contribution in [2.24, 2.45) is 0 Å². The minimum absolute atomic E-state index is 0.248. The SMILES string of the molecule is CCc1nnc(CSCC(NC=O)C(=O)O)o1. The number of aromatic nitrogens is 2. The lowest BCUT2D eigenvalue weighted by Crippen LogP contribution is -2.37. The highest BCUT2D eigenvalue weighted by Crippen LogP contribution is 2.12. The molecule has 1 aromatic heterocycles. The molecule has 0 saturated heterocycles. The molecule has 8 heteroatoms. The monoisotopic (exact) mass is 259 g/mol. The van der Waals surface area contributed by atoms with Crippen molar-refractivity contribution in [3.05, 3.63) is 11.8 Å². The maximum absolute atomic E-state index is 10.7. The van der Waals surface area contributed by atoms with E-state index < -0.39 is 12.0 Å². The Balaban J connectivity index is 2.35. The first-order valence-corrected chi connectivity index (χ1v) is 6.14. The van der Waals surface area contributed by atoms with Crippen LogP contribution >= 0.6 is 11.8 Å². The fourth-order valence-corrected chi connectivity index (χ4v) is 1.91. The van der Waals surface area contributed by atoms with Crippen LogP contribution in [0.15, 0.2) is 4.42 Å². The predicted octanol–water partition coefficient (Wildman–Crippen LogP) is 0.0644. The smallest absolute Gasteiger partial charge is 0.327 e. The zero-order chi connectivity index (χ0) is 12.7. The number of nitrogens with zero attached hydrogens (tertiary/aromatic N) is 2. The van der Waals surface area contributed by atoms with Gasteiger partial charge in [-0.05, 0) is 0 Å². The number of rotatable bonds is 8. The van der Waals surface area contributed by atoms with Crippen LogP contribution in [0.25, 0.3) is 0 Å². The van der Waals surface area contributed by atoms with Gasteiger partial charge in [-0.15, -0.1) is 22.0 Å². The molecular weight excluding hydrogens is 246 g/mol. The van der Waals surface area contributed by atoms with E-state index >= 15 is 0 Å². The Hall–Kier alpha value is -1.57. The second kappa shape index (κ2) is 6.89. The molecule has 2 N–H and O–H groups in total. The number of hydrogen-bond acceptors (Lipinski definition) is 6. The number of amides is 1. The van der Waals surface area contributed by atoms with E-state index in [1.54, 1.807) is 0 Å². The van der Waals surface area contributed by atoms with Crippen LogP contribution in [0.3, 0.4) is 0 Å². The lowest BCUT2D eigenvalue weighted by atomic mass is 10.3. The number of carboxylic acid groups (broad SMARTS) is 1. The van der Waals surface area contributed by atoms with Gasteiger partial charge in [0.1, 0.15) is 6.04 Å². The average molecular weight is 259 g/mol. The Kier molecular flexibility index (Phi) is 5.47. The molecular formula is C9H13N3O4S. The fourth-order valence-electron chi connectivity index (χ4n) is 1.03. The molecule has 0 fully saturated rings. The molecule has 0 spiro atoms. The van der Waals surface area contributed by atoms with Crippen LogP contribution in [0.2, 0.25) is 0 Å². The van der Waals surface area contributed by atoms with Crippen molar-refractivity contribution in [3.8, 4) is 0 Å². The van der Waals surface area contributed by atoms with E-state index in [9.17, 15) is 9.59 Å². The summed E-state index contributed by atoms with van der Waals surface area (Å²) in [5.41, 5.74) is 0. The number of hydrogen-bond donors (Lipinski definition) is 2. The zero-order valence-electron chi connectivity index (χ0n) is 9.25. The number of carboxylic acids is 1. The van der Waals surface area contributed by atoms with Gasteiger partial charge in [0.05, 0.1) is 5.75 Å². The highest BCUT2D eigenvalue weighted by atomic mass is 32.2. The molecule has 1 rings (SSSR count).